The summed E-state index contributed by atoms with van der Waals surface area (Å²) < 4.78 is 27.6. The van der Waals surface area contributed by atoms with E-state index in [9.17, 15) is 13.2 Å². The summed E-state index contributed by atoms with van der Waals surface area (Å²) in [5.41, 5.74) is 0.738. The van der Waals surface area contributed by atoms with Crippen molar-refractivity contribution in [1.82, 2.24) is 29.2 Å². The lowest BCUT2D eigenvalue weighted by molar-refractivity contribution is 0.0691. The highest BCUT2D eigenvalue weighted by Gasteiger charge is 2.55. The molecule has 0 saturated carbocycles. The predicted octanol–water partition coefficient (Wildman–Crippen LogP) is 2.24. The van der Waals surface area contributed by atoms with E-state index >= 15 is 0 Å². The van der Waals surface area contributed by atoms with Gasteiger partial charge in [0.25, 0.3) is 21.7 Å². The number of carbonyl (C=O) groups excluding carboxylic acids is 1. The number of halogens is 1. The molecule has 12 heteroatoms. The molecule has 34 heavy (non-hydrogen) atoms. The van der Waals surface area contributed by atoms with Gasteiger partial charge in [0.2, 0.25) is 0 Å². The lowest BCUT2D eigenvalue weighted by atomic mass is 10.1. The molecular weight excluding hydrogens is 480 g/mol. The van der Waals surface area contributed by atoms with Gasteiger partial charge in [0, 0.05) is 48.3 Å². The second-order valence-electron chi connectivity index (χ2n) is 8.16. The molecule has 3 aromatic rings. The monoisotopic (exact) mass is 498 g/mol. The second kappa shape index (κ2) is 7.64. The van der Waals surface area contributed by atoms with E-state index in [1.165, 1.54) is 16.7 Å². The van der Waals surface area contributed by atoms with E-state index in [-0.39, 0.29) is 42.8 Å². The van der Waals surface area contributed by atoms with Crippen LogP contribution < -0.4 is 0 Å². The number of amides is 1. The number of benzene rings is 1. The normalized spacial score (nSPS) is 22.3. The number of aromatic nitrogens is 3. The van der Waals surface area contributed by atoms with Gasteiger partial charge in [-0.05, 0) is 36.4 Å². The standard InChI is InChI=1S/C22H19ClN6O4S/c23-16-3-4-17-15(11-16)12-20(26-17)34(31,32)28-9-7-27(8-10-28)21(30)18-13-25-19(14-24-18)22-5-1-2-6-29(22)33-22/h1-6,11-14,26H,7-10H2. The Labute approximate surface area is 200 Å². The number of piperazine rings is 1. The van der Waals surface area contributed by atoms with Crippen LogP contribution >= 0.6 is 11.6 Å². The Balaban J connectivity index is 1.13. The number of aromatic amines is 1. The number of nitrogens with zero attached hydrogens (tertiary/aromatic N) is 5. The average molecular weight is 499 g/mol. The number of allylic oxidation sites excluding steroid dienone is 2. The SMILES string of the molecule is O=C(c1cnc(C23C=CC=CN2O3)cn1)N1CCN(S(=O)(=O)c2cc3cc(Cl)ccc3[nH]2)CC1. The minimum absolute atomic E-state index is 0.105. The maximum absolute atomic E-state index is 13.1. The van der Waals surface area contributed by atoms with Crippen molar-refractivity contribution in [1.29, 1.82) is 0 Å². The maximum Gasteiger partial charge on any atom is 0.274 e. The van der Waals surface area contributed by atoms with Crippen LogP contribution in [0.3, 0.4) is 0 Å². The zero-order chi connectivity index (χ0) is 23.5. The number of carbonyl (C=O) groups is 1. The van der Waals surface area contributed by atoms with Gasteiger partial charge in [-0.1, -0.05) is 17.7 Å². The number of hydroxylamine groups is 2. The number of fused-ring (bicyclic) bond motifs is 2. The van der Waals surface area contributed by atoms with Gasteiger partial charge >= 0.3 is 0 Å². The van der Waals surface area contributed by atoms with Crippen molar-refractivity contribution in [2.24, 2.45) is 0 Å². The van der Waals surface area contributed by atoms with E-state index in [4.69, 9.17) is 16.4 Å². The Morgan fingerprint density at radius 3 is 2.65 bits per heavy atom. The van der Waals surface area contributed by atoms with Gasteiger partial charge < -0.3 is 9.88 Å². The van der Waals surface area contributed by atoms with E-state index in [2.05, 4.69) is 15.0 Å². The second-order valence-corrected chi connectivity index (χ2v) is 10.5. The molecule has 3 aliphatic heterocycles. The van der Waals surface area contributed by atoms with Crippen LogP contribution in [0.5, 0.6) is 0 Å². The molecule has 2 saturated heterocycles. The highest BCUT2D eigenvalue weighted by Crippen LogP contribution is 2.46. The highest BCUT2D eigenvalue weighted by molar-refractivity contribution is 7.89. The Hall–Kier alpha value is -3.25. The predicted molar refractivity (Wildman–Crippen MR) is 123 cm³/mol. The molecule has 5 heterocycles. The smallest absolute Gasteiger partial charge is 0.274 e. The molecule has 0 aliphatic carbocycles. The molecule has 6 rings (SSSR count). The number of hydrogen-bond donors (Lipinski definition) is 1. The fraction of sp³-hybridized carbons (Fsp3) is 0.227. The van der Waals surface area contributed by atoms with Crippen LogP contribution in [0.1, 0.15) is 16.2 Å². The first-order valence-corrected chi connectivity index (χ1v) is 12.4. The molecule has 1 aromatic carbocycles. The van der Waals surface area contributed by atoms with E-state index in [1.54, 1.807) is 40.4 Å². The van der Waals surface area contributed by atoms with Crippen LogP contribution in [0.4, 0.5) is 0 Å². The molecule has 1 amide bonds. The summed E-state index contributed by atoms with van der Waals surface area (Å²) in [7, 11) is -3.73. The van der Waals surface area contributed by atoms with Gasteiger partial charge in [-0.25, -0.2) is 23.3 Å². The molecule has 1 atom stereocenters. The fourth-order valence-corrected chi connectivity index (χ4v) is 5.82. The van der Waals surface area contributed by atoms with Crippen molar-refractivity contribution in [3.63, 3.8) is 0 Å². The highest BCUT2D eigenvalue weighted by atomic mass is 35.5. The molecule has 0 bridgehead atoms. The van der Waals surface area contributed by atoms with Crippen molar-refractivity contribution in [3.05, 3.63) is 77.5 Å². The largest absolute Gasteiger partial charge is 0.345 e. The Morgan fingerprint density at radius 2 is 1.91 bits per heavy atom. The third kappa shape index (κ3) is 3.40. The Bertz CT molecular complexity index is 1460. The summed E-state index contributed by atoms with van der Waals surface area (Å²) in [4.78, 5) is 31.7. The van der Waals surface area contributed by atoms with Gasteiger partial charge in [0.05, 0.1) is 12.4 Å². The number of hydrogen-bond acceptors (Lipinski definition) is 7. The fourth-order valence-electron chi connectivity index (χ4n) is 4.21. The number of sulfonamides is 1. The summed E-state index contributed by atoms with van der Waals surface area (Å²) >= 11 is 6.01. The summed E-state index contributed by atoms with van der Waals surface area (Å²) in [6, 6.07) is 6.73. The van der Waals surface area contributed by atoms with E-state index in [0.717, 1.165) is 5.39 Å². The van der Waals surface area contributed by atoms with Crippen LogP contribution in [0.15, 0.2) is 66.1 Å². The minimum Gasteiger partial charge on any atom is -0.345 e. The third-order valence-corrected chi connectivity index (χ3v) is 8.18. The van der Waals surface area contributed by atoms with Crippen molar-refractivity contribution >= 4 is 38.4 Å². The molecule has 0 radical (unpaired) electrons. The molecule has 10 nitrogen and oxygen atoms in total. The van der Waals surface area contributed by atoms with Gasteiger partial charge in [-0.3, -0.25) is 9.78 Å². The summed E-state index contributed by atoms with van der Waals surface area (Å²) in [5.74, 6) is -0.290. The van der Waals surface area contributed by atoms with Gasteiger partial charge in [-0.15, -0.1) is 0 Å². The summed E-state index contributed by atoms with van der Waals surface area (Å²) in [6.07, 6.45) is 10.3. The quantitative estimate of drug-likeness (QED) is 0.548. The molecule has 174 valence electrons. The third-order valence-electron chi connectivity index (χ3n) is 6.13. The molecule has 2 fully saturated rings. The molecule has 0 spiro atoms. The molecule has 1 unspecified atom stereocenters. The van der Waals surface area contributed by atoms with Crippen LogP contribution in [0, 0.1) is 0 Å². The van der Waals surface area contributed by atoms with Gasteiger partial charge in [0.1, 0.15) is 16.4 Å². The topological polar surface area (TPSA) is 115 Å². The maximum atomic E-state index is 13.1. The minimum atomic E-state index is -3.73. The zero-order valence-corrected chi connectivity index (χ0v) is 19.3. The average Bonchev–Trinajstić information content (AvgIpc) is 3.47. The van der Waals surface area contributed by atoms with Crippen LogP contribution in [0.2, 0.25) is 5.02 Å². The summed E-state index contributed by atoms with van der Waals surface area (Å²) in [6.45, 7) is 0.862. The summed E-state index contributed by atoms with van der Waals surface area (Å²) in [5, 5.41) is 3.02. The molecule has 3 aliphatic rings. The lowest BCUT2D eigenvalue weighted by Crippen LogP contribution is -2.50. The van der Waals surface area contributed by atoms with Gasteiger partial charge in [-0.2, -0.15) is 4.31 Å². The Kier molecular flexibility index (Phi) is 4.78. The number of nitrogens with one attached hydrogen (secondary N) is 1. The lowest BCUT2D eigenvalue weighted by Gasteiger charge is -2.33. The van der Waals surface area contributed by atoms with Crippen LogP contribution in [-0.4, -0.2) is 69.7 Å². The number of H-pyrrole nitrogens is 1. The number of rotatable bonds is 4. The van der Waals surface area contributed by atoms with E-state index < -0.39 is 15.7 Å². The van der Waals surface area contributed by atoms with Crippen molar-refractivity contribution < 1.29 is 18.0 Å². The van der Waals surface area contributed by atoms with Crippen LogP contribution in [-0.2, 0) is 20.6 Å². The first-order valence-electron chi connectivity index (χ1n) is 10.6. The van der Waals surface area contributed by atoms with E-state index in [0.29, 0.717) is 16.2 Å². The molecule has 1 N–H and O–H groups in total. The van der Waals surface area contributed by atoms with E-state index in [1.807, 2.05) is 18.2 Å². The Morgan fingerprint density at radius 1 is 1.09 bits per heavy atom. The van der Waals surface area contributed by atoms with Crippen LogP contribution in [0.25, 0.3) is 10.9 Å². The molecule has 2 aromatic heterocycles. The van der Waals surface area contributed by atoms with Crippen molar-refractivity contribution in [2.45, 2.75) is 10.8 Å². The van der Waals surface area contributed by atoms with Crippen molar-refractivity contribution in [2.75, 3.05) is 26.2 Å². The zero-order valence-electron chi connectivity index (χ0n) is 17.8. The van der Waals surface area contributed by atoms with Crippen molar-refractivity contribution in [3.8, 4) is 0 Å². The first-order chi connectivity index (χ1) is 16.4. The molecular formula is C22H19ClN6O4S. The van der Waals surface area contributed by atoms with Gasteiger partial charge in [0.15, 0.2) is 0 Å². The first kappa shape index (κ1) is 21.3.